The third-order valence-electron chi connectivity index (χ3n) is 9.70. The van der Waals surface area contributed by atoms with Crippen LogP contribution in [-0.4, -0.2) is 85.1 Å². The number of nitrogens with zero attached hydrogens (tertiary/aromatic N) is 7. The molecule has 210 valence electrons. The van der Waals surface area contributed by atoms with Crippen LogP contribution >= 0.6 is 0 Å². The highest BCUT2D eigenvalue weighted by atomic mass is 16.2. The zero-order chi connectivity index (χ0) is 27.7. The number of amides is 1. The molecule has 0 unspecified atom stereocenters. The molecule has 40 heavy (non-hydrogen) atoms. The van der Waals surface area contributed by atoms with E-state index < -0.39 is 0 Å². The predicted molar refractivity (Wildman–Crippen MR) is 158 cm³/mol. The maximum atomic E-state index is 13.2. The first-order valence-corrected chi connectivity index (χ1v) is 14.9. The van der Waals surface area contributed by atoms with Gasteiger partial charge in [-0.1, -0.05) is 20.8 Å². The Morgan fingerprint density at radius 2 is 1.93 bits per heavy atom. The molecule has 0 aliphatic carbocycles. The summed E-state index contributed by atoms with van der Waals surface area (Å²) in [6, 6.07) is 4.97. The van der Waals surface area contributed by atoms with Gasteiger partial charge < -0.3 is 14.8 Å². The number of fused-ring (bicyclic) bond motifs is 4. The molecule has 9 nitrogen and oxygen atoms in total. The van der Waals surface area contributed by atoms with Gasteiger partial charge in [0, 0.05) is 36.5 Å². The van der Waals surface area contributed by atoms with E-state index in [9.17, 15) is 4.79 Å². The molecule has 3 saturated heterocycles. The lowest BCUT2D eigenvalue weighted by Crippen LogP contribution is -2.57. The van der Waals surface area contributed by atoms with Crippen molar-refractivity contribution < 1.29 is 4.79 Å². The van der Waals surface area contributed by atoms with E-state index in [0.29, 0.717) is 30.5 Å². The standard InChI is InChI=1S/C31H40N8O/c1-18(2)28-29(23-14-38-31(32-17-33-38)21(5)20(23)4)34-24-8-9-26(35-30(24)28)39-22-12-19(3)25(39)15-37(13-22)27(40)16-36-10-6-7-11-36/h8-9,14,17-19,22,25,34H,6-7,10-13,15-16H2,1-5H3/t19-,22+,25+/m0/s1. The first-order chi connectivity index (χ1) is 19.3. The van der Waals surface area contributed by atoms with Gasteiger partial charge in [0.15, 0.2) is 5.65 Å². The molecule has 1 N–H and O–H groups in total. The quantitative estimate of drug-likeness (QED) is 0.400. The molecule has 7 heterocycles. The molecule has 9 heteroatoms. The second-order valence-electron chi connectivity index (χ2n) is 12.6. The third kappa shape index (κ3) is 4.00. The Morgan fingerprint density at radius 1 is 1.12 bits per heavy atom. The van der Waals surface area contributed by atoms with E-state index in [0.717, 1.165) is 71.9 Å². The van der Waals surface area contributed by atoms with Gasteiger partial charge in [-0.3, -0.25) is 9.69 Å². The van der Waals surface area contributed by atoms with Crippen molar-refractivity contribution in [2.45, 2.75) is 71.9 Å². The van der Waals surface area contributed by atoms with Crippen molar-refractivity contribution in [2.24, 2.45) is 5.92 Å². The molecule has 4 aromatic heterocycles. The first-order valence-electron chi connectivity index (χ1n) is 14.9. The lowest BCUT2D eigenvalue weighted by molar-refractivity contribution is -0.133. The van der Waals surface area contributed by atoms with Crippen molar-refractivity contribution in [2.75, 3.05) is 37.6 Å². The minimum atomic E-state index is 0.286. The molecular weight excluding hydrogens is 500 g/mol. The van der Waals surface area contributed by atoms with Crippen LogP contribution in [0.25, 0.3) is 27.9 Å². The zero-order valence-corrected chi connectivity index (χ0v) is 24.3. The number of aromatic amines is 1. The molecule has 0 spiro atoms. The van der Waals surface area contributed by atoms with Gasteiger partial charge in [0.2, 0.25) is 5.91 Å². The van der Waals surface area contributed by atoms with Crippen LogP contribution in [0.1, 0.15) is 62.6 Å². The highest BCUT2D eigenvalue weighted by Crippen LogP contribution is 2.41. The van der Waals surface area contributed by atoms with Gasteiger partial charge in [0.05, 0.1) is 29.3 Å². The molecule has 7 rings (SSSR count). The predicted octanol–water partition coefficient (Wildman–Crippen LogP) is 4.53. The van der Waals surface area contributed by atoms with Crippen LogP contribution in [0.4, 0.5) is 5.82 Å². The largest absolute Gasteiger partial charge is 0.353 e. The van der Waals surface area contributed by atoms with Gasteiger partial charge in [-0.15, -0.1) is 0 Å². The van der Waals surface area contributed by atoms with E-state index in [1.807, 2.05) is 4.52 Å². The number of pyridine rings is 2. The highest BCUT2D eigenvalue weighted by molar-refractivity contribution is 5.90. The van der Waals surface area contributed by atoms with Gasteiger partial charge >= 0.3 is 0 Å². The van der Waals surface area contributed by atoms with Gasteiger partial charge in [0.25, 0.3) is 0 Å². The van der Waals surface area contributed by atoms with E-state index in [-0.39, 0.29) is 5.92 Å². The molecule has 2 bridgehead atoms. The fraction of sp³-hybridized carbons (Fsp3) is 0.548. The maximum absolute atomic E-state index is 13.2. The summed E-state index contributed by atoms with van der Waals surface area (Å²) in [6.07, 6.45) is 7.23. The Morgan fingerprint density at radius 3 is 2.67 bits per heavy atom. The minimum absolute atomic E-state index is 0.286. The summed E-state index contributed by atoms with van der Waals surface area (Å²) in [4.78, 5) is 33.7. The zero-order valence-electron chi connectivity index (χ0n) is 24.3. The molecule has 4 aromatic rings. The van der Waals surface area contributed by atoms with Crippen molar-refractivity contribution in [1.29, 1.82) is 0 Å². The summed E-state index contributed by atoms with van der Waals surface area (Å²) in [7, 11) is 0. The summed E-state index contributed by atoms with van der Waals surface area (Å²) in [5.74, 6) is 2.14. The molecule has 3 aliphatic rings. The SMILES string of the molecule is Cc1c(-c2[nH]c3ccc(N4[C@@H]5C[C@H](C)[C@H]4CN(C(=O)CN4CCCC4)C5)nc3c2C(C)C)cn2ncnc2c1C. The van der Waals surface area contributed by atoms with Crippen LogP contribution in [0, 0.1) is 19.8 Å². The number of carbonyl (C=O) groups is 1. The van der Waals surface area contributed by atoms with Crippen LogP contribution in [0.3, 0.4) is 0 Å². The van der Waals surface area contributed by atoms with Crippen LogP contribution in [0.15, 0.2) is 24.7 Å². The van der Waals surface area contributed by atoms with Gasteiger partial charge in [-0.05, 0) is 81.3 Å². The Kier molecular flexibility index (Phi) is 6.11. The van der Waals surface area contributed by atoms with Gasteiger partial charge in [-0.25, -0.2) is 14.5 Å². The Hall–Kier alpha value is -3.46. The molecule has 0 saturated carbocycles. The molecule has 3 atom stereocenters. The molecule has 0 radical (unpaired) electrons. The normalized spacial score (nSPS) is 23.4. The van der Waals surface area contributed by atoms with E-state index in [1.54, 1.807) is 6.33 Å². The Bertz CT molecular complexity index is 1600. The first kappa shape index (κ1) is 25.5. The van der Waals surface area contributed by atoms with Gasteiger partial charge in [-0.2, -0.15) is 5.10 Å². The fourth-order valence-corrected chi connectivity index (χ4v) is 7.47. The number of H-pyrrole nitrogens is 1. The third-order valence-corrected chi connectivity index (χ3v) is 9.70. The summed E-state index contributed by atoms with van der Waals surface area (Å²) in [6.45, 7) is 15.4. The number of hydrogen-bond donors (Lipinski definition) is 1. The lowest BCUT2D eigenvalue weighted by atomic mass is 9.95. The van der Waals surface area contributed by atoms with Crippen LogP contribution in [-0.2, 0) is 4.79 Å². The lowest BCUT2D eigenvalue weighted by Gasteiger charge is -2.42. The van der Waals surface area contributed by atoms with Crippen molar-refractivity contribution in [3.63, 3.8) is 0 Å². The fourth-order valence-electron chi connectivity index (χ4n) is 7.47. The topological polar surface area (TPSA) is 85.7 Å². The molecule has 3 aliphatic heterocycles. The van der Waals surface area contributed by atoms with Crippen molar-refractivity contribution in [3.05, 3.63) is 41.3 Å². The maximum Gasteiger partial charge on any atom is 0.236 e. The second kappa shape index (κ2) is 9.58. The second-order valence-corrected chi connectivity index (χ2v) is 12.6. The van der Waals surface area contributed by atoms with E-state index >= 15 is 0 Å². The number of anilines is 1. The number of rotatable bonds is 5. The summed E-state index contributed by atoms with van der Waals surface area (Å²) >= 11 is 0. The number of hydrogen-bond acceptors (Lipinski definition) is 6. The summed E-state index contributed by atoms with van der Waals surface area (Å²) < 4.78 is 1.87. The molecule has 3 fully saturated rings. The number of likely N-dealkylation sites (tertiary alicyclic amines) is 2. The Balaban J connectivity index is 1.24. The highest BCUT2D eigenvalue weighted by Gasteiger charge is 2.46. The monoisotopic (exact) mass is 540 g/mol. The molecule has 0 aromatic carbocycles. The van der Waals surface area contributed by atoms with E-state index in [2.05, 4.69) is 82.7 Å². The number of aryl methyl sites for hydroxylation is 1. The molecule has 1 amide bonds. The number of aromatic nitrogens is 5. The van der Waals surface area contributed by atoms with E-state index in [1.165, 1.54) is 24.0 Å². The van der Waals surface area contributed by atoms with Crippen LogP contribution < -0.4 is 4.90 Å². The van der Waals surface area contributed by atoms with Crippen molar-refractivity contribution in [1.82, 2.24) is 34.4 Å². The number of carbonyl (C=O) groups excluding carboxylic acids is 1. The summed E-state index contributed by atoms with van der Waals surface area (Å²) in [5.41, 5.74) is 8.82. The average molecular weight is 541 g/mol. The minimum Gasteiger partial charge on any atom is -0.353 e. The van der Waals surface area contributed by atoms with Gasteiger partial charge in [0.1, 0.15) is 12.1 Å². The molecular formula is C31H40N8O. The van der Waals surface area contributed by atoms with Crippen LogP contribution in [0.5, 0.6) is 0 Å². The van der Waals surface area contributed by atoms with Crippen molar-refractivity contribution >= 4 is 28.4 Å². The number of nitrogens with one attached hydrogen (secondary N) is 1. The van der Waals surface area contributed by atoms with E-state index in [4.69, 9.17) is 4.98 Å². The Labute approximate surface area is 235 Å². The number of piperazine rings is 1. The smallest absolute Gasteiger partial charge is 0.236 e. The van der Waals surface area contributed by atoms with Crippen molar-refractivity contribution in [3.8, 4) is 11.3 Å². The van der Waals surface area contributed by atoms with Crippen LogP contribution in [0.2, 0.25) is 0 Å². The summed E-state index contributed by atoms with van der Waals surface area (Å²) in [5, 5.41) is 4.43. The average Bonchev–Trinajstić information content (AvgIpc) is 3.71.